The van der Waals surface area contributed by atoms with E-state index in [1.54, 1.807) is 0 Å². The van der Waals surface area contributed by atoms with Gasteiger partial charge in [-0.05, 0) is 25.9 Å². The minimum absolute atomic E-state index is 0.293. The van der Waals surface area contributed by atoms with E-state index < -0.39 is 0 Å². The minimum atomic E-state index is 0.293. The third-order valence-electron chi connectivity index (χ3n) is 4.08. The zero-order valence-electron chi connectivity index (χ0n) is 12.6. The lowest BCUT2D eigenvalue weighted by Crippen LogP contribution is -2.47. The van der Waals surface area contributed by atoms with E-state index in [0.29, 0.717) is 6.61 Å². The summed E-state index contributed by atoms with van der Waals surface area (Å²) < 4.78 is 0. The van der Waals surface area contributed by atoms with Crippen LogP contribution >= 0.6 is 0 Å². The molecule has 2 rings (SSSR count). The first-order chi connectivity index (χ1) is 9.88. The lowest BCUT2D eigenvalue weighted by Gasteiger charge is -2.34. The van der Waals surface area contributed by atoms with Crippen LogP contribution in [0.4, 0.5) is 0 Å². The van der Waals surface area contributed by atoms with Gasteiger partial charge in [-0.15, -0.1) is 0 Å². The molecule has 0 bridgehead atoms. The predicted molar refractivity (Wildman–Crippen MR) is 79.6 cm³/mol. The SMILES string of the molecule is OCCCN1CCN(OCCN2CCCNCC2)CC1. The maximum absolute atomic E-state index is 8.84. The molecule has 2 heterocycles. The molecule has 2 saturated heterocycles. The molecule has 2 fully saturated rings. The van der Waals surface area contributed by atoms with E-state index in [9.17, 15) is 0 Å². The summed E-state index contributed by atoms with van der Waals surface area (Å²) in [5.41, 5.74) is 0. The van der Waals surface area contributed by atoms with E-state index in [-0.39, 0.29) is 0 Å². The fraction of sp³-hybridized carbons (Fsp3) is 1.00. The van der Waals surface area contributed by atoms with Crippen molar-refractivity contribution in [3.63, 3.8) is 0 Å². The summed E-state index contributed by atoms with van der Waals surface area (Å²) >= 11 is 0. The molecule has 0 aromatic rings. The predicted octanol–water partition coefficient (Wildman–Crippen LogP) is -0.787. The molecular weight excluding hydrogens is 256 g/mol. The summed E-state index contributed by atoms with van der Waals surface area (Å²) in [6.45, 7) is 11.8. The Bertz CT molecular complexity index is 239. The van der Waals surface area contributed by atoms with Crippen LogP contribution in [-0.2, 0) is 4.84 Å². The van der Waals surface area contributed by atoms with Gasteiger partial charge < -0.3 is 15.3 Å². The molecule has 2 aliphatic rings. The molecule has 0 aromatic heterocycles. The molecule has 6 heteroatoms. The first-order valence-electron chi connectivity index (χ1n) is 8.02. The topological polar surface area (TPSA) is 51.2 Å². The maximum atomic E-state index is 8.84. The molecule has 0 spiro atoms. The van der Waals surface area contributed by atoms with Crippen LogP contribution in [0, 0.1) is 0 Å². The van der Waals surface area contributed by atoms with Gasteiger partial charge in [-0.1, -0.05) is 0 Å². The normalized spacial score (nSPS) is 23.9. The summed E-state index contributed by atoms with van der Waals surface area (Å²) in [5.74, 6) is 0. The van der Waals surface area contributed by atoms with Crippen molar-refractivity contribution in [1.29, 1.82) is 0 Å². The van der Waals surface area contributed by atoms with E-state index in [0.717, 1.165) is 71.9 Å². The standard InChI is InChI=1S/C14H30N4O2/c19-13-2-6-17-8-10-18(11-9-17)20-14-12-16-5-1-3-15-4-7-16/h15,19H,1-14H2. The van der Waals surface area contributed by atoms with E-state index in [1.807, 2.05) is 0 Å². The van der Waals surface area contributed by atoms with Gasteiger partial charge in [0.1, 0.15) is 0 Å². The smallest absolute Gasteiger partial charge is 0.0812 e. The number of aliphatic hydroxyl groups excluding tert-OH is 1. The van der Waals surface area contributed by atoms with Gasteiger partial charge >= 0.3 is 0 Å². The molecule has 0 saturated carbocycles. The lowest BCUT2D eigenvalue weighted by molar-refractivity contribution is -0.179. The Kier molecular flexibility index (Phi) is 7.79. The monoisotopic (exact) mass is 286 g/mol. The highest BCUT2D eigenvalue weighted by molar-refractivity contribution is 4.68. The molecule has 2 N–H and O–H groups in total. The average Bonchev–Trinajstić information content (AvgIpc) is 2.75. The second kappa shape index (κ2) is 9.65. The van der Waals surface area contributed by atoms with Crippen molar-refractivity contribution in [2.75, 3.05) is 78.7 Å². The van der Waals surface area contributed by atoms with Gasteiger partial charge in [0.05, 0.1) is 6.61 Å². The highest BCUT2D eigenvalue weighted by Gasteiger charge is 2.17. The fourth-order valence-electron chi connectivity index (χ4n) is 2.80. The molecule has 0 atom stereocenters. The number of rotatable bonds is 7. The van der Waals surface area contributed by atoms with Crippen LogP contribution in [0.1, 0.15) is 12.8 Å². The molecule has 0 aromatic carbocycles. The van der Waals surface area contributed by atoms with Crippen molar-refractivity contribution in [3.8, 4) is 0 Å². The van der Waals surface area contributed by atoms with Crippen molar-refractivity contribution in [2.24, 2.45) is 0 Å². The van der Waals surface area contributed by atoms with Crippen LogP contribution in [0.25, 0.3) is 0 Å². The lowest BCUT2D eigenvalue weighted by atomic mass is 10.3. The molecule has 6 nitrogen and oxygen atoms in total. The minimum Gasteiger partial charge on any atom is -0.396 e. The Morgan fingerprint density at radius 3 is 2.50 bits per heavy atom. The van der Waals surface area contributed by atoms with Gasteiger partial charge in [0.25, 0.3) is 0 Å². The molecule has 118 valence electrons. The summed E-state index contributed by atoms with van der Waals surface area (Å²) in [4.78, 5) is 10.8. The largest absolute Gasteiger partial charge is 0.396 e. The van der Waals surface area contributed by atoms with Gasteiger partial charge in [0, 0.05) is 59.0 Å². The highest BCUT2D eigenvalue weighted by Crippen LogP contribution is 2.03. The van der Waals surface area contributed by atoms with E-state index in [4.69, 9.17) is 9.94 Å². The van der Waals surface area contributed by atoms with E-state index >= 15 is 0 Å². The van der Waals surface area contributed by atoms with Gasteiger partial charge in [0.2, 0.25) is 0 Å². The zero-order chi connectivity index (χ0) is 14.0. The Labute approximate surface area is 122 Å². The van der Waals surface area contributed by atoms with Crippen LogP contribution in [-0.4, -0.2) is 98.6 Å². The molecule has 20 heavy (non-hydrogen) atoms. The number of nitrogens with one attached hydrogen (secondary N) is 1. The van der Waals surface area contributed by atoms with E-state index in [1.165, 1.54) is 13.0 Å². The molecule has 0 unspecified atom stereocenters. The molecular formula is C14H30N4O2. The first kappa shape index (κ1) is 16.1. The third kappa shape index (κ3) is 6.03. The number of nitrogens with zero attached hydrogens (tertiary/aromatic N) is 3. The number of aliphatic hydroxyl groups is 1. The summed E-state index contributed by atoms with van der Waals surface area (Å²) in [7, 11) is 0. The molecule has 2 aliphatic heterocycles. The van der Waals surface area contributed by atoms with Crippen LogP contribution in [0.5, 0.6) is 0 Å². The van der Waals surface area contributed by atoms with Crippen molar-refractivity contribution in [3.05, 3.63) is 0 Å². The second-order valence-electron chi connectivity index (χ2n) is 5.63. The number of hydroxylamine groups is 2. The third-order valence-corrected chi connectivity index (χ3v) is 4.08. The van der Waals surface area contributed by atoms with Crippen LogP contribution in [0.3, 0.4) is 0 Å². The highest BCUT2D eigenvalue weighted by atomic mass is 16.7. The first-order valence-corrected chi connectivity index (χ1v) is 8.02. The Morgan fingerprint density at radius 2 is 1.70 bits per heavy atom. The summed E-state index contributed by atoms with van der Waals surface area (Å²) in [6.07, 6.45) is 2.12. The second-order valence-corrected chi connectivity index (χ2v) is 5.63. The quantitative estimate of drug-likeness (QED) is 0.640. The summed E-state index contributed by atoms with van der Waals surface area (Å²) in [6, 6.07) is 0. The maximum Gasteiger partial charge on any atom is 0.0812 e. The van der Waals surface area contributed by atoms with Crippen molar-refractivity contribution >= 4 is 0 Å². The summed E-state index contributed by atoms with van der Waals surface area (Å²) in [5, 5.41) is 14.4. The fourth-order valence-corrected chi connectivity index (χ4v) is 2.80. The molecule has 0 amide bonds. The Hall–Kier alpha value is -0.240. The number of piperazine rings is 1. The molecule has 0 aliphatic carbocycles. The number of hydrogen-bond acceptors (Lipinski definition) is 6. The van der Waals surface area contributed by atoms with E-state index in [2.05, 4.69) is 20.2 Å². The van der Waals surface area contributed by atoms with Gasteiger partial charge in [-0.3, -0.25) is 9.74 Å². The van der Waals surface area contributed by atoms with Gasteiger partial charge in [-0.25, -0.2) is 0 Å². The van der Waals surface area contributed by atoms with Crippen molar-refractivity contribution < 1.29 is 9.94 Å². The Morgan fingerprint density at radius 1 is 0.900 bits per heavy atom. The van der Waals surface area contributed by atoms with Crippen LogP contribution in [0.2, 0.25) is 0 Å². The van der Waals surface area contributed by atoms with Gasteiger partial charge in [0.15, 0.2) is 0 Å². The molecule has 0 radical (unpaired) electrons. The van der Waals surface area contributed by atoms with Crippen molar-refractivity contribution in [2.45, 2.75) is 12.8 Å². The number of hydrogen-bond donors (Lipinski definition) is 2. The van der Waals surface area contributed by atoms with Crippen molar-refractivity contribution in [1.82, 2.24) is 20.2 Å². The van der Waals surface area contributed by atoms with Crippen LogP contribution < -0.4 is 5.32 Å². The Balaban J connectivity index is 1.52. The van der Waals surface area contributed by atoms with Gasteiger partial charge in [-0.2, -0.15) is 5.06 Å². The zero-order valence-corrected chi connectivity index (χ0v) is 12.6. The van der Waals surface area contributed by atoms with Crippen LogP contribution in [0.15, 0.2) is 0 Å². The average molecular weight is 286 g/mol.